The van der Waals surface area contributed by atoms with Crippen LogP contribution in [-0.2, 0) is 9.59 Å². The number of halogens is 2. The van der Waals surface area contributed by atoms with E-state index in [0.29, 0.717) is 22.9 Å². The van der Waals surface area contributed by atoms with E-state index in [1.807, 2.05) is 0 Å². The minimum atomic E-state index is -0.640. The maximum absolute atomic E-state index is 12.9. The number of benzene rings is 2. The van der Waals surface area contributed by atoms with Gasteiger partial charge in [-0.2, -0.15) is 0 Å². The molecule has 32 heavy (non-hydrogen) atoms. The lowest BCUT2D eigenvalue weighted by atomic mass is 10.2. The third-order valence-electron chi connectivity index (χ3n) is 4.27. The molecule has 0 saturated carbocycles. The Labute approximate surface area is 190 Å². The summed E-state index contributed by atoms with van der Waals surface area (Å²) in [6.07, 6.45) is 4.13. The van der Waals surface area contributed by atoms with Crippen molar-refractivity contribution >= 4 is 58.3 Å². The van der Waals surface area contributed by atoms with Gasteiger partial charge in [0.15, 0.2) is 0 Å². The molecule has 1 saturated heterocycles. The maximum atomic E-state index is 12.9. The SMILES string of the molecule is O=C(/C=C/c1ccc(F)cc1)NCCN1C(=O)S/C(=C\c2ccc(Cl)c([N+](=O)[O-])c2)C1=O. The van der Waals surface area contributed by atoms with E-state index in [1.165, 1.54) is 60.7 Å². The van der Waals surface area contributed by atoms with E-state index in [0.717, 1.165) is 4.90 Å². The Balaban J connectivity index is 1.57. The first-order valence-electron chi connectivity index (χ1n) is 9.15. The summed E-state index contributed by atoms with van der Waals surface area (Å²) in [4.78, 5) is 48.0. The number of carbonyl (C=O) groups is 3. The number of rotatable bonds is 7. The van der Waals surface area contributed by atoms with Crippen molar-refractivity contribution in [2.24, 2.45) is 0 Å². The van der Waals surface area contributed by atoms with Crippen molar-refractivity contribution in [3.63, 3.8) is 0 Å². The summed E-state index contributed by atoms with van der Waals surface area (Å²) in [6, 6.07) is 9.62. The minimum absolute atomic E-state index is 0.0321. The molecule has 0 aromatic heterocycles. The molecule has 1 aliphatic rings. The van der Waals surface area contributed by atoms with Crippen molar-refractivity contribution in [1.82, 2.24) is 10.2 Å². The van der Waals surface area contributed by atoms with Crippen molar-refractivity contribution in [3.05, 3.63) is 85.5 Å². The second-order valence-electron chi connectivity index (χ2n) is 6.48. The quantitative estimate of drug-likeness (QED) is 0.364. The van der Waals surface area contributed by atoms with Crippen LogP contribution in [0.4, 0.5) is 14.9 Å². The third kappa shape index (κ3) is 5.80. The van der Waals surface area contributed by atoms with Crippen LogP contribution in [0.1, 0.15) is 11.1 Å². The van der Waals surface area contributed by atoms with E-state index >= 15 is 0 Å². The van der Waals surface area contributed by atoms with E-state index in [9.17, 15) is 28.9 Å². The molecule has 3 amide bonds. The van der Waals surface area contributed by atoms with Gasteiger partial charge in [0.1, 0.15) is 10.8 Å². The van der Waals surface area contributed by atoms with Crippen molar-refractivity contribution in [3.8, 4) is 0 Å². The molecule has 8 nitrogen and oxygen atoms in total. The summed E-state index contributed by atoms with van der Waals surface area (Å²) in [5.74, 6) is -1.38. The predicted molar refractivity (Wildman–Crippen MR) is 119 cm³/mol. The van der Waals surface area contributed by atoms with Crippen molar-refractivity contribution < 1.29 is 23.7 Å². The molecule has 0 aliphatic carbocycles. The Morgan fingerprint density at radius 3 is 2.56 bits per heavy atom. The zero-order valence-electron chi connectivity index (χ0n) is 16.3. The van der Waals surface area contributed by atoms with E-state index in [-0.39, 0.29) is 34.5 Å². The van der Waals surface area contributed by atoms with Gasteiger partial charge in [0.25, 0.3) is 16.8 Å². The van der Waals surface area contributed by atoms with Crippen LogP contribution in [-0.4, -0.2) is 40.0 Å². The van der Waals surface area contributed by atoms with Gasteiger partial charge in [-0.25, -0.2) is 4.39 Å². The largest absolute Gasteiger partial charge is 0.351 e. The van der Waals surface area contributed by atoms with Crippen LogP contribution in [0.3, 0.4) is 0 Å². The lowest BCUT2D eigenvalue weighted by molar-refractivity contribution is -0.384. The number of amides is 3. The van der Waals surface area contributed by atoms with E-state index < -0.39 is 22.0 Å². The first-order chi connectivity index (χ1) is 15.2. The van der Waals surface area contributed by atoms with Gasteiger partial charge >= 0.3 is 0 Å². The maximum Gasteiger partial charge on any atom is 0.293 e. The molecule has 0 spiro atoms. The molecule has 2 aromatic rings. The zero-order chi connectivity index (χ0) is 23.3. The fourth-order valence-corrected chi connectivity index (χ4v) is 3.75. The number of nitro benzene ring substituents is 1. The highest BCUT2D eigenvalue weighted by Crippen LogP contribution is 2.33. The number of hydrogen-bond donors (Lipinski definition) is 1. The number of nitro groups is 1. The average Bonchev–Trinajstić information content (AvgIpc) is 3.01. The number of thioether (sulfide) groups is 1. The van der Waals surface area contributed by atoms with Gasteiger partial charge in [-0.05, 0) is 53.2 Å². The van der Waals surface area contributed by atoms with Gasteiger partial charge in [0.05, 0.1) is 9.83 Å². The van der Waals surface area contributed by atoms with Crippen molar-refractivity contribution in [2.75, 3.05) is 13.1 Å². The molecule has 0 atom stereocenters. The fraction of sp³-hybridized carbons (Fsp3) is 0.0952. The van der Waals surface area contributed by atoms with Gasteiger partial charge in [0.2, 0.25) is 5.91 Å². The van der Waals surface area contributed by atoms with Gasteiger partial charge in [-0.15, -0.1) is 0 Å². The van der Waals surface area contributed by atoms with Gasteiger partial charge < -0.3 is 5.32 Å². The Kier molecular flexibility index (Phi) is 7.39. The predicted octanol–water partition coefficient (Wildman–Crippen LogP) is 4.25. The monoisotopic (exact) mass is 475 g/mol. The second kappa shape index (κ2) is 10.2. The number of imide groups is 1. The standard InChI is InChI=1S/C21H15ClFN3O5S/c22-16-7-3-14(11-17(16)26(30)31)12-18-20(28)25(21(29)32-18)10-9-24-19(27)8-4-13-1-5-15(23)6-2-13/h1-8,11-12H,9-10H2,(H,24,27)/b8-4+,18-12-. The average molecular weight is 476 g/mol. The van der Waals surface area contributed by atoms with E-state index in [1.54, 1.807) is 0 Å². The highest BCUT2D eigenvalue weighted by atomic mass is 35.5. The van der Waals surface area contributed by atoms with Crippen LogP contribution in [0.5, 0.6) is 0 Å². The molecule has 0 unspecified atom stereocenters. The van der Waals surface area contributed by atoms with Gasteiger partial charge in [-0.1, -0.05) is 29.8 Å². The molecule has 11 heteroatoms. The number of nitrogens with zero attached hydrogens (tertiary/aromatic N) is 2. The molecular weight excluding hydrogens is 461 g/mol. The second-order valence-corrected chi connectivity index (χ2v) is 7.88. The number of carbonyl (C=O) groups excluding carboxylic acids is 3. The van der Waals surface area contributed by atoms with E-state index in [2.05, 4.69) is 5.32 Å². The van der Waals surface area contributed by atoms with Gasteiger partial charge in [-0.3, -0.25) is 29.4 Å². The summed E-state index contributed by atoms with van der Waals surface area (Å²) in [6.45, 7) is -0.0107. The zero-order valence-corrected chi connectivity index (χ0v) is 17.9. The summed E-state index contributed by atoms with van der Waals surface area (Å²) < 4.78 is 12.9. The molecule has 0 radical (unpaired) electrons. The molecule has 3 rings (SSSR count). The first-order valence-corrected chi connectivity index (χ1v) is 10.3. The first kappa shape index (κ1) is 23.2. The lowest BCUT2D eigenvalue weighted by Crippen LogP contribution is -2.36. The summed E-state index contributed by atoms with van der Waals surface area (Å²) in [5.41, 5.74) is 0.682. The molecule has 2 aromatic carbocycles. The lowest BCUT2D eigenvalue weighted by Gasteiger charge is -2.12. The van der Waals surface area contributed by atoms with Crippen LogP contribution < -0.4 is 5.32 Å². The third-order valence-corrected chi connectivity index (χ3v) is 5.50. The van der Waals surface area contributed by atoms with Crippen LogP contribution in [0.25, 0.3) is 12.2 Å². The Morgan fingerprint density at radius 2 is 1.88 bits per heavy atom. The van der Waals surface area contributed by atoms with Gasteiger partial charge in [0, 0.05) is 25.2 Å². The molecule has 1 heterocycles. The Hall–Kier alpha value is -3.50. The Bertz CT molecular complexity index is 1150. The minimum Gasteiger partial charge on any atom is -0.351 e. The topological polar surface area (TPSA) is 110 Å². The molecule has 164 valence electrons. The highest BCUT2D eigenvalue weighted by Gasteiger charge is 2.34. The molecule has 1 aliphatic heterocycles. The number of hydrogen-bond acceptors (Lipinski definition) is 6. The van der Waals surface area contributed by atoms with Crippen LogP contribution >= 0.6 is 23.4 Å². The molecule has 1 N–H and O–H groups in total. The van der Waals surface area contributed by atoms with Crippen LogP contribution in [0.15, 0.2) is 53.4 Å². The highest BCUT2D eigenvalue weighted by molar-refractivity contribution is 8.18. The number of nitrogens with one attached hydrogen (secondary N) is 1. The summed E-state index contributed by atoms with van der Waals surface area (Å²) in [7, 11) is 0. The van der Waals surface area contributed by atoms with Crippen molar-refractivity contribution in [1.29, 1.82) is 0 Å². The Morgan fingerprint density at radius 1 is 1.19 bits per heavy atom. The van der Waals surface area contributed by atoms with Crippen LogP contribution in [0, 0.1) is 15.9 Å². The fourth-order valence-electron chi connectivity index (χ4n) is 2.70. The van der Waals surface area contributed by atoms with Crippen molar-refractivity contribution in [2.45, 2.75) is 0 Å². The summed E-state index contributed by atoms with van der Waals surface area (Å²) >= 11 is 6.48. The normalized spacial score (nSPS) is 15.1. The smallest absolute Gasteiger partial charge is 0.293 e. The van der Waals surface area contributed by atoms with E-state index in [4.69, 9.17) is 11.6 Å². The molecule has 1 fully saturated rings. The summed E-state index contributed by atoms with van der Waals surface area (Å²) in [5, 5.41) is 13.0. The molecule has 0 bridgehead atoms. The molecular formula is C21H15ClFN3O5S. The van der Waals surface area contributed by atoms with Crippen LogP contribution in [0.2, 0.25) is 5.02 Å².